The van der Waals surface area contributed by atoms with Gasteiger partial charge in [-0.05, 0) is 24.1 Å². The second-order valence-electron chi connectivity index (χ2n) is 4.46. The molecule has 1 aliphatic rings. The van der Waals surface area contributed by atoms with E-state index in [0.29, 0.717) is 12.0 Å². The van der Waals surface area contributed by atoms with Crippen molar-refractivity contribution < 1.29 is 9.90 Å². The molecule has 0 fully saturated rings. The normalized spacial score (nSPS) is 18.0. The van der Waals surface area contributed by atoms with Gasteiger partial charge in [0, 0.05) is 11.3 Å². The molecule has 0 unspecified atom stereocenters. The molecule has 0 saturated carbocycles. The third-order valence-corrected chi connectivity index (χ3v) is 3.33. The zero-order chi connectivity index (χ0) is 12.5. The zero-order valence-electron chi connectivity index (χ0n) is 9.76. The maximum absolute atomic E-state index is 12.1. The van der Waals surface area contributed by atoms with Gasteiger partial charge < -0.3 is 10.4 Å². The smallest absolute Gasteiger partial charge is 0.232 e. The first kappa shape index (κ1) is 10.8. The van der Waals surface area contributed by atoms with Crippen molar-refractivity contribution in [2.75, 3.05) is 5.32 Å². The number of hydrogen-bond donors (Lipinski definition) is 2. The van der Waals surface area contributed by atoms with Crippen molar-refractivity contribution in [2.24, 2.45) is 0 Å². The number of carbonyl (C=O) groups is 1. The minimum absolute atomic E-state index is 0.0600. The number of nitrogens with one attached hydrogen (secondary N) is 1. The molecular weight excluding hydrogens is 226 g/mol. The quantitative estimate of drug-likeness (QED) is 0.803. The lowest BCUT2D eigenvalue weighted by Gasteiger charge is -2.25. The third-order valence-electron chi connectivity index (χ3n) is 3.33. The fourth-order valence-corrected chi connectivity index (χ4v) is 2.39. The van der Waals surface area contributed by atoms with Crippen LogP contribution in [0.2, 0.25) is 0 Å². The Morgan fingerprint density at radius 2 is 1.78 bits per heavy atom. The summed E-state index contributed by atoms with van der Waals surface area (Å²) in [5.74, 6) is -0.201. The summed E-state index contributed by atoms with van der Waals surface area (Å²) in [5.41, 5.74) is 2.66. The van der Waals surface area contributed by atoms with Gasteiger partial charge >= 0.3 is 0 Å². The van der Waals surface area contributed by atoms with Crippen LogP contribution in [0, 0.1) is 0 Å². The van der Waals surface area contributed by atoms with Crippen LogP contribution in [0.25, 0.3) is 0 Å². The molecule has 90 valence electrons. The van der Waals surface area contributed by atoms with Crippen LogP contribution in [-0.4, -0.2) is 11.0 Å². The Bertz CT molecular complexity index is 607. The average Bonchev–Trinajstić information content (AvgIpc) is 2.39. The number of para-hydroxylation sites is 2. The van der Waals surface area contributed by atoms with E-state index in [1.165, 1.54) is 0 Å². The minimum Gasteiger partial charge on any atom is -0.508 e. The van der Waals surface area contributed by atoms with Crippen LogP contribution in [-0.2, 0) is 11.2 Å². The van der Waals surface area contributed by atoms with Gasteiger partial charge in [-0.1, -0.05) is 36.4 Å². The molecule has 1 heterocycles. The highest BCUT2D eigenvalue weighted by Crippen LogP contribution is 2.34. The number of anilines is 1. The summed E-state index contributed by atoms with van der Waals surface area (Å²) in [6.45, 7) is 0. The first-order chi connectivity index (χ1) is 8.75. The summed E-state index contributed by atoms with van der Waals surface area (Å²) in [6, 6.07) is 14.8. The molecule has 0 bridgehead atoms. The Labute approximate surface area is 105 Å². The molecule has 0 radical (unpaired) electrons. The van der Waals surface area contributed by atoms with Crippen LogP contribution in [0.15, 0.2) is 48.5 Å². The van der Waals surface area contributed by atoms with E-state index in [-0.39, 0.29) is 17.6 Å². The monoisotopic (exact) mass is 239 g/mol. The molecule has 1 atom stereocenters. The standard InChI is InChI=1S/C15H13NO2/c17-14-8-4-2-6-11(14)12-9-10-5-1-3-7-13(10)16-15(12)18/h1-8,12,17H,9H2,(H,16,18)/t12-/m0/s1. The number of phenolic OH excluding ortho intramolecular Hbond substituents is 1. The van der Waals surface area contributed by atoms with Crippen LogP contribution in [0.1, 0.15) is 17.0 Å². The highest BCUT2D eigenvalue weighted by atomic mass is 16.3. The van der Waals surface area contributed by atoms with Gasteiger partial charge in [0.1, 0.15) is 5.75 Å². The van der Waals surface area contributed by atoms with E-state index in [0.717, 1.165) is 11.3 Å². The van der Waals surface area contributed by atoms with Crippen molar-refractivity contribution in [3.63, 3.8) is 0 Å². The Balaban J connectivity index is 2.01. The maximum Gasteiger partial charge on any atom is 0.232 e. The van der Waals surface area contributed by atoms with Crippen LogP contribution in [0.3, 0.4) is 0 Å². The van der Waals surface area contributed by atoms with Crippen molar-refractivity contribution in [3.8, 4) is 5.75 Å². The number of rotatable bonds is 1. The molecule has 2 aromatic rings. The average molecular weight is 239 g/mol. The number of hydrogen-bond acceptors (Lipinski definition) is 2. The summed E-state index contributed by atoms with van der Waals surface area (Å²) < 4.78 is 0. The number of fused-ring (bicyclic) bond motifs is 1. The molecule has 1 amide bonds. The highest BCUT2D eigenvalue weighted by Gasteiger charge is 2.28. The lowest BCUT2D eigenvalue weighted by atomic mass is 9.87. The second-order valence-corrected chi connectivity index (χ2v) is 4.46. The van der Waals surface area contributed by atoms with Crippen molar-refractivity contribution in [1.82, 2.24) is 0 Å². The van der Waals surface area contributed by atoms with Crippen LogP contribution < -0.4 is 5.32 Å². The number of carbonyl (C=O) groups excluding carboxylic acids is 1. The topological polar surface area (TPSA) is 49.3 Å². The largest absolute Gasteiger partial charge is 0.508 e. The van der Waals surface area contributed by atoms with Gasteiger partial charge in [-0.2, -0.15) is 0 Å². The molecule has 0 spiro atoms. The number of phenols is 1. The zero-order valence-corrected chi connectivity index (χ0v) is 9.76. The first-order valence-corrected chi connectivity index (χ1v) is 5.92. The van der Waals surface area contributed by atoms with Crippen LogP contribution in [0.5, 0.6) is 5.75 Å². The van der Waals surface area contributed by atoms with Crippen LogP contribution >= 0.6 is 0 Å². The molecular formula is C15H13NO2. The fraction of sp³-hybridized carbons (Fsp3) is 0.133. The molecule has 0 aromatic heterocycles. The fourth-order valence-electron chi connectivity index (χ4n) is 2.39. The summed E-state index contributed by atoms with van der Waals surface area (Å²) in [4.78, 5) is 12.1. The molecule has 3 rings (SSSR count). The molecule has 0 saturated heterocycles. The SMILES string of the molecule is O=C1Nc2ccccc2C[C@H]1c1ccccc1O. The lowest BCUT2D eigenvalue weighted by Crippen LogP contribution is -2.28. The highest BCUT2D eigenvalue weighted by molar-refractivity contribution is 5.99. The molecule has 3 nitrogen and oxygen atoms in total. The predicted octanol–water partition coefficient (Wildman–Crippen LogP) is 2.67. The minimum atomic E-state index is -0.318. The Hall–Kier alpha value is -2.29. The van der Waals surface area contributed by atoms with Gasteiger partial charge in [0.2, 0.25) is 5.91 Å². The molecule has 18 heavy (non-hydrogen) atoms. The summed E-state index contributed by atoms with van der Waals surface area (Å²) in [5, 5.41) is 12.7. The number of benzene rings is 2. The molecule has 2 aromatic carbocycles. The van der Waals surface area contributed by atoms with Gasteiger partial charge in [-0.3, -0.25) is 4.79 Å². The van der Waals surface area contributed by atoms with E-state index in [1.807, 2.05) is 30.3 Å². The third kappa shape index (κ3) is 1.74. The van der Waals surface area contributed by atoms with E-state index in [4.69, 9.17) is 0 Å². The Kier molecular flexibility index (Phi) is 2.52. The number of amides is 1. The summed E-state index contributed by atoms with van der Waals surface area (Å²) in [7, 11) is 0. The lowest BCUT2D eigenvalue weighted by molar-refractivity contribution is -0.117. The summed E-state index contributed by atoms with van der Waals surface area (Å²) in [6.07, 6.45) is 0.625. The Morgan fingerprint density at radius 1 is 1.06 bits per heavy atom. The van der Waals surface area contributed by atoms with Gasteiger partial charge in [0.15, 0.2) is 0 Å². The molecule has 3 heteroatoms. The van der Waals surface area contributed by atoms with Gasteiger partial charge in [0.05, 0.1) is 5.92 Å². The predicted molar refractivity (Wildman–Crippen MR) is 69.6 cm³/mol. The maximum atomic E-state index is 12.1. The first-order valence-electron chi connectivity index (χ1n) is 5.92. The van der Waals surface area contributed by atoms with Crippen molar-refractivity contribution in [1.29, 1.82) is 0 Å². The van der Waals surface area contributed by atoms with Gasteiger partial charge in [-0.15, -0.1) is 0 Å². The second kappa shape index (κ2) is 4.18. The molecule has 0 aliphatic carbocycles. The molecule has 2 N–H and O–H groups in total. The summed E-state index contributed by atoms with van der Waals surface area (Å²) >= 11 is 0. The Morgan fingerprint density at radius 3 is 2.61 bits per heavy atom. The van der Waals surface area contributed by atoms with Crippen molar-refractivity contribution in [3.05, 3.63) is 59.7 Å². The van der Waals surface area contributed by atoms with E-state index in [1.54, 1.807) is 18.2 Å². The van der Waals surface area contributed by atoms with E-state index < -0.39 is 0 Å². The van der Waals surface area contributed by atoms with E-state index >= 15 is 0 Å². The molecule has 1 aliphatic heterocycles. The van der Waals surface area contributed by atoms with E-state index in [9.17, 15) is 9.90 Å². The number of aromatic hydroxyl groups is 1. The van der Waals surface area contributed by atoms with Crippen molar-refractivity contribution in [2.45, 2.75) is 12.3 Å². The van der Waals surface area contributed by atoms with Gasteiger partial charge in [0.25, 0.3) is 0 Å². The van der Waals surface area contributed by atoms with Crippen LogP contribution in [0.4, 0.5) is 5.69 Å². The van der Waals surface area contributed by atoms with Crippen molar-refractivity contribution >= 4 is 11.6 Å². The van der Waals surface area contributed by atoms with E-state index in [2.05, 4.69) is 5.32 Å². The van der Waals surface area contributed by atoms with Gasteiger partial charge in [-0.25, -0.2) is 0 Å².